The zero-order chi connectivity index (χ0) is 15.4. The minimum atomic E-state index is -4.31. The number of halogens is 3. The minimum absolute atomic E-state index is 0.0185. The Morgan fingerprint density at radius 3 is 2.50 bits per heavy atom. The first kappa shape index (κ1) is 17.7. The van der Waals surface area contributed by atoms with E-state index in [4.69, 9.17) is 4.74 Å². The van der Waals surface area contributed by atoms with Gasteiger partial charge in [0.2, 0.25) is 0 Å². The van der Waals surface area contributed by atoms with Gasteiger partial charge < -0.3 is 15.2 Å². The van der Waals surface area contributed by atoms with Crippen LogP contribution in [-0.4, -0.2) is 42.2 Å². The van der Waals surface area contributed by atoms with Gasteiger partial charge >= 0.3 is 6.18 Å². The molecule has 3 unspecified atom stereocenters. The molecule has 0 radical (unpaired) electrons. The third-order valence-electron chi connectivity index (χ3n) is 4.11. The van der Waals surface area contributed by atoms with E-state index in [9.17, 15) is 18.3 Å². The van der Waals surface area contributed by atoms with Gasteiger partial charge in [-0.05, 0) is 32.1 Å². The quantitative estimate of drug-likeness (QED) is 0.759. The number of hydrogen-bond acceptors (Lipinski definition) is 3. The van der Waals surface area contributed by atoms with Gasteiger partial charge in [0.15, 0.2) is 6.10 Å². The largest absolute Gasteiger partial charge is 0.414 e. The van der Waals surface area contributed by atoms with Crippen LogP contribution >= 0.6 is 0 Å². The molecular weight excluding hydrogens is 271 g/mol. The van der Waals surface area contributed by atoms with E-state index in [0.29, 0.717) is 6.42 Å². The van der Waals surface area contributed by atoms with Crippen LogP contribution in [0.15, 0.2) is 0 Å². The Kier molecular flexibility index (Phi) is 6.28. The molecule has 1 rings (SSSR count). The molecule has 6 heteroatoms. The smallest absolute Gasteiger partial charge is 0.394 e. The number of ether oxygens (including phenoxy) is 1. The van der Waals surface area contributed by atoms with E-state index in [0.717, 1.165) is 26.2 Å². The molecule has 0 aromatic heterocycles. The van der Waals surface area contributed by atoms with Gasteiger partial charge in [-0.2, -0.15) is 13.2 Å². The van der Waals surface area contributed by atoms with E-state index in [2.05, 4.69) is 5.32 Å². The molecule has 0 heterocycles. The second-order valence-corrected chi connectivity index (χ2v) is 6.05. The molecule has 3 atom stereocenters. The normalized spacial score (nSPS) is 29.1. The first-order valence-corrected chi connectivity index (χ1v) is 7.28. The molecule has 3 nitrogen and oxygen atoms in total. The van der Waals surface area contributed by atoms with Gasteiger partial charge in [-0.15, -0.1) is 0 Å². The monoisotopic (exact) mass is 297 g/mol. The Labute approximate surface area is 118 Å². The summed E-state index contributed by atoms with van der Waals surface area (Å²) in [4.78, 5) is 0. The zero-order valence-electron chi connectivity index (χ0n) is 12.5. The number of alkyl halides is 3. The van der Waals surface area contributed by atoms with E-state index < -0.39 is 12.3 Å². The second kappa shape index (κ2) is 7.09. The number of hydrogen-bond donors (Lipinski definition) is 2. The van der Waals surface area contributed by atoms with Crippen LogP contribution in [0.25, 0.3) is 0 Å². The van der Waals surface area contributed by atoms with E-state index in [1.807, 2.05) is 13.8 Å². The van der Waals surface area contributed by atoms with Crippen molar-refractivity contribution in [2.45, 2.75) is 70.3 Å². The first-order chi connectivity index (χ1) is 9.21. The molecule has 0 aliphatic heterocycles. The van der Waals surface area contributed by atoms with Crippen LogP contribution in [-0.2, 0) is 4.74 Å². The van der Waals surface area contributed by atoms with Gasteiger partial charge in [0, 0.05) is 18.2 Å². The zero-order valence-corrected chi connectivity index (χ0v) is 12.5. The van der Waals surface area contributed by atoms with E-state index >= 15 is 0 Å². The van der Waals surface area contributed by atoms with Crippen molar-refractivity contribution in [3.63, 3.8) is 0 Å². The molecule has 0 spiro atoms. The maximum atomic E-state index is 12.4. The molecule has 1 saturated carbocycles. The third kappa shape index (κ3) is 4.60. The number of rotatable bonds is 7. The number of aliphatic hydroxyl groups is 1. The molecule has 1 aliphatic carbocycles. The van der Waals surface area contributed by atoms with Crippen molar-refractivity contribution in [3.05, 3.63) is 0 Å². The lowest BCUT2D eigenvalue weighted by Gasteiger charge is -2.37. The van der Waals surface area contributed by atoms with Crippen LogP contribution < -0.4 is 5.32 Å². The van der Waals surface area contributed by atoms with Crippen LogP contribution in [0.4, 0.5) is 13.2 Å². The molecule has 0 saturated heterocycles. The Hall–Kier alpha value is -0.330. The maximum absolute atomic E-state index is 12.4. The molecule has 0 amide bonds. The Morgan fingerprint density at radius 2 is 2.00 bits per heavy atom. The Morgan fingerprint density at radius 1 is 1.35 bits per heavy atom. The molecule has 1 fully saturated rings. The highest BCUT2D eigenvalue weighted by atomic mass is 19.4. The van der Waals surface area contributed by atoms with Crippen molar-refractivity contribution in [1.29, 1.82) is 0 Å². The van der Waals surface area contributed by atoms with Gasteiger partial charge in [-0.3, -0.25) is 0 Å². The summed E-state index contributed by atoms with van der Waals surface area (Å²) in [5.41, 5.74) is -0.362. The van der Waals surface area contributed by atoms with Crippen LogP contribution in [0.5, 0.6) is 0 Å². The van der Waals surface area contributed by atoms with Crippen LogP contribution in [0.3, 0.4) is 0 Å². The van der Waals surface area contributed by atoms with E-state index in [-0.39, 0.29) is 30.7 Å². The SMILES string of the molecule is CC(C)NC1(CO)CCCC1CCOC(C)C(F)(F)F. The summed E-state index contributed by atoms with van der Waals surface area (Å²) in [6.07, 6.45) is -2.73. The van der Waals surface area contributed by atoms with E-state index in [1.54, 1.807) is 0 Å². The average Bonchev–Trinajstić information content (AvgIpc) is 2.70. The van der Waals surface area contributed by atoms with Crippen molar-refractivity contribution in [2.75, 3.05) is 13.2 Å². The lowest BCUT2D eigenvalue weighted by molar-refractivity contribution is -0.215. The highest BCUT2D eigenvalue weighted by molar-refractivity contribution is 4.99. The number of nitrogens with one attached hydrogen (secondary N) is 1. The van der Waals surface area contributed by atoms with Gasteiger partial charge in [0.25, 0.3) is 0 Å². The summed E-state index contributed by atoms with van der Waals surface area (Å²) in [5, 5.41) is 13.1. The molecule has 120 valence electrons. The molecule has 0 bridgehead atoms. The highest BCUT2D eigenvalue weighted by Crippen LogP contribution is 2.38. The molecule has 0 aromatic carbocycles. The highest BCUT2D eigenvalue weighted by Gasteiger charge is 2.43. The molecule has 20 heavy (non-hydrogen) atoms. The average molecular weight is 297 g/mol. The molecule has 2 N–H and O–H groups in total. The summed E-state index contributed by atoms with van der Waals surface area (Å²) in [7, 11) is 0. The van der Waals surface area contributed by atoms with Crippen molar-refractivity contribution in [2.24, 2.45) is 5.92 Å². The van der Waals surface area contributed by atoms with Gasteiger partial charge in [0.05, 0.1) is 6.61 Å². The fourth-order valence-electron chi connectivity index (χ4n) is 3.07. The molecule has 0 aromatic rings. The van der Waals surface area contributed by atoms with Gasteiger partial charge in [-0.25, -0.2) is 0 Å². The Bertz CT molecular complexity index is 297. The minimum Gasteiger partial charge on any atom is -0.394 e. The summed E-state index contributed by atoms with van der Waals surface area (Å²) in [5.74, 6) is 0.162. The van der Waals surface area contributed by atoms with E-state index in [1.165, 1.54) is 0 Å². The van der Waals surface area contributed by atoms with Gasteiger partial charge in [-0.1, -0.05) is 20.3 Å². The topological polar surface area (TPSA) is 41.5 Å². The standard InChI is InChI=1S/C14H26F3NO2/c1-10(2)18-13(9-19)7-4-5-12(13)6-8-20-11(3)14(15,16)17/h10-12,18-19H,4-9H2,1-3H3. The van der Waals surface area contributed by atoms with Gasteiger partial charge in [0.1, 0.15) is 0 Å². The van der Waals surface area contributed by atoms with Crippen LogP contribution in [0, 0.1) is 5.92 Å². The molecular formula is C14H26F3NO2. The molecule has 1 aliphatic rings. The predicted octanol–water partition coefficient (Wildman–Crippen LogP) is 2.87. The maximum Gasteiger partial charge on any atom is 0.414 e. The first-order valence-electron chi connectivity index (χ1n) is 7.28. The van der Waals surface area contributed by atoms with Crippen molar-refractivity contribution in [1.82, 2.24) is 5.32 Å². The van der Waals surface area contributed by atoms with Crippen LogP contribution in [0.1, 0.15) is 46.5 Å². The van der Waals surface area contributed by atoms with Crippen molar-refractivity contribution < 1.29 is 23.0 Å². The summed E-state index contributed by atoms with van der Waals surface area (Å²) in [6.45, 7) is 5.14. The summed E-state index contributed by atoms with van der Waals surface area (Å²) in [6, 6.07) is 0.234. The van der Waals surface area contributed by atoms with Crippen LogP contribution in [0.2, 0.25) is 0 Å². The summed E-state index contributed by atoms with van der Waals surface area (Å²) >= 11 is 0. The second-order valence-electron chi connectivity index (χ2n) is 6.05. The third-order valence-corrected chi connectivity index (χ3v) is 4.11. The van der Waals surface area contributed by atoms with Crippen molar-refractivity contribution in [3.8, 4) is 0 Å². The fraction of sp³-hybridized carbons (Fsp3) is 1.00. The lowest BCUT2D eigenvalue weighted by atomic mass is 9.85. The van der Waals surface area contributed by atoms with Crippen molar-refractivity contribution >= 4 is 0 Å². The summed E-state index contributed by atoms with van der Waals surface area (Å²) < 4.78 is 42.0. The predicted molar refractivity (Wildman–Crippen MR) is 71.5 cm³/mol. The Balaban J connectivity index is 2.49. The lowest BCUT2D eigenvalue weighted by Crippen LogP contribution is -2.54. The fourth-order valence-corrected chi connectivity index (χ4v) is 3.07. The number of aliphatic hydroxyl groups excluding tert-OH is 1.